The molecular weight excluding hydrogens is 225 g/mol. The highest BCUT2D eigenvalue weighted by atomic mass is 19.1. The summed E-state index contributed by atoms with van der Waals surface area (Å²) in [5.74, 6) is -1.81. The molecule has 1 atom stereocenters. The summed E-state index contributed by atoms with van der Waals surface area (Å²) in [6.07, 6.45) is -0.0532. The van der Waals surface area contributed by atoms with Crippen LogP contribution in [0.25, 0.3) is 0 Å². The van der Waals surface area contributed by atoms with Gasteiger partial charge < -0.3 is 10.0 Å². The van der Waals surface area contributed by atoms with E-state index in [2.05, 4.69) is 0 Å². The van der Waals surface area contributed by atoms with Crippen LogP contribution >= 0.6 is 0 Å². The van der Waals surface area contributed by atoms with Crippen LogP contribution in [0.1, 0.15) is 24.8 Å². The van der Waals surface area contributed by atoms with Crippen LogP contribution in [0, 0.1) is 5.82 Å². The van der Waals surface area contributed by atoms with Crippen LogP contribution in [-0.2, 0) is 9.59 Å². The van der Waals surface area contributed by atoms with E-state index in [1.54, 1.807) is 6.07 Å². The van der Waals surface area contributed by atoms with Gasteiger partial charge in [0.15, 0.2) is 0 Å². The van der Waals surface area contributed by atoms with Gasteiger partial charge in [-0.3, -0.25) is 9.59 Å². The third-order valence-electron chi connectivity index (χ3n) is 2.93. The first kappa shape index (κ1) is 11.6. The number of hydrogen-bond donors (Lipinski definition) is 1. The molecule has 0 bridgehead atoms. The fourth-order valence-corrected chi connectivity index (χ4v) is 2.20. The predicted octanol–water partition coefficient (Wildman–Crippen LogP) is 1.75. The van der Waals surface area contributed by atoms with Gasteiger partial charge in [-0.25, -0.2) is 4.39 Å². The number of amides is 1. The second-order valence-corrected chi connectivity index (χ2v) is 4.13. The van der Waals surface area contributed by atoms with Crippen LogP contribution in [0.4, 0.5) is 10.1 Å². The standard InChI is InChI=1S/C12H12FNO3/c1-7(15)14-6-8(4-12(16)17)10-3-2-9(13)5-11(10)14/h2-3,5,8H,4,6H2,1H3,(H,16,17). The maximum Gasteiger partial charge on any atom is 0.304 e. The SMILES string of the molecule is CC(=O)N1CC(CC(=O)O)c2ccc(F)cc21. The molecule has 4 nitrogen and oxygen atoms in total. The van der Waals surface area contributed by atoms with Crippen molar-refractivity contribution in [3.8, 4) is 0 Å². The highest BCUT2D eigenvalue weighted by Gasteiger charge is 2.32. The second kappa shape index (κ2) is 4.16. The van der Waals surface area contributed by atoms with Crippen molar-refractivity contribution in [2.45, 2.75) is 19.3 Å². The summed E-state index contributed by atoms with van der Waals surface area (Å²) in [4.78, 5) is 23.6. The molecule has 1 aromatic carbocycles. The van der Waals surface area contributed by atoms with Gasteiger partial charge in [-0.15, -0.1) is 0 Å². The quantitative estimate of drug-likeness (QED) is 0.852. The highest BCUT2D eigenvalue weighted by molar-refractivity contribution is 5.94. The van der Waals surface area contributed by atoms with Crippen LogP contribution in [0.3, 0.4) is 0 Å². The van der Waals surface area contributed by atoms with Crippen molar-refractivity contribution in [1.82, 2.24) is 0 Å². The van der Waals surface area contributed by atoms with E-state index in [1.165, 1.54) is 24.0 Å². The zero-order valence-corrected chi connectivity index (χ0v) is 9.31. The molecule has 2 rings (SSSR count). The number of benzene rings is 1. The summed E-state index contributed by atoms with van der Waals surface area (Å²) >= 11 is 0. The van der Waals surface area contributed by atoms with Crippen LogP contribution < -0.4 is 4.90 Å². The Balaban J connectivity index is 2.40. The van der Waals surface area contributed by atoms with E-state index < -0.39 is 11.8 Å². The normalized spacial score (nSPS) is 18.0. The minimum absolute atomic E-state index is 0.0532. The lowest BCUT2D eigenvalue weighted by molar-refractivity contribution is -0.137. The number of halogens is 1. The Morgan fingerprint density at radius 2 is 2.24 bits per heavy atom. The van der Waals surface area contributed by atoms with Crippen LogP contribution in [0.2, 0.25) is 0 Å². The molecule has 17 heavy (non-hydrogen) atoms. The number of hydrogen-bond acceptors (Lipinski definition) is 2. The largest absolute Gasteiger partial charge is 0.481 e. The number of carbonyl (C=O) groups is 2. The summed E-state index contributed by atoms with van der Waals surface area (Å²) < 4.78 is 13.1. The molecule has 1 amide bonds. The van der Waals surface area contributed by atoms with Gasteiger partial charge in [0.05, 0.1) is 12.1 Å². The Kier molecular flexibility index (Phi) is 2.83. The number of carboxylic acids is 1. The molecule has 1 heterocycles. The lowest BCUT2D eigenvalue weighted by atomic mass is 9.98. The smallest absolute Gasteiger partial charge is 0.304 e. The zero-order valence-electron chi connectivity index (χ0n) is 9.31. The number of rotatable bonds is 2. The van der Waals surface area contributed by atoms with Gasteiger partial charge in [0.1, 0.15) is 5.82 Å². The molecule has 0 saturated carbocycles. The molecular formula is C12H12FNO3. The molecule has 1 N–H and O–H groups in total. The molecule has 5 heteroatoms. The third-order valence-corrected chi connectivity index (χ3v) is 2.93. The van der Waals surface area contributed by atoms with Crippen molar-refractivity contribution in [1.29, 1.82) is 0 Å². The molecule has 90 valence electrons. The van der Waals surface area contributed by atoms with Crippen LogP contribution in [-0.4, -0.2) is 23.5 Å². The average molecular weight is 237 g/mol. The van der Waals surface area contributed by atoms with E-state index in [0.29, 0.717) is 12.2 Å². The van der Waals surface area contributed by atoms with Crippen molar-refractivity contribution in [2.24, 2.45) is 0 Å². The molecule has 0 fully saturated rings. The predicted molar refractivity (Wildman–Crippen MR) is 59.4 cm³/mol. The maximum atomic E-state index is 13.1. The molecule has 0 saturated heterocycles. The Bertz CT molecular complexity index is 487. The van der Waals surface area contributed by atoms with Gasteiger partial charge in [0, 0.05) is 19.4 Å². The number of carbonyl (C=O) groups excluding carboxylic acids is 1. The second-order valence-electron chi connectivity index (χ2n) is 4.13. The zero-order chi connectivity index (χ0) is 12.6. The third kappa shape index (κ3) is 2.13. The fourth-order valence-electron chi connectivity index (χ4n) is 2.20. The number of anilines is 1. The van der Waals surface area contributed by atoms with Crippen molar-refractivity contribution < 1.29 is 19.1 Å². The van der Waals surface area contributed by atoms with Gasteiger partial charge in [-0.2, -0.15) is 0 Å². The van der Waals surface area contributed by atoms with Gasteiger partial charge in [0.25, 0.3) is 0 Å². The number of carboxylic acid groups (broad SMARTS) is 1. The summed E-state index contributed by atoms with van der Waals surface area (Å²) in [5, 5.41) is 8.80. The molecule has 1 aliphatic heterocycles. The average Bonchev–Trinajstić information content (AvgIpc) is 2.55. The number of fused-ring (bicyclic) bond motifs is 1. The van der Waals surface area contributed by atoms with E-state index in [0.717, 1.165) is 5.56 Å². The number of aliphatic carboxylic acids is 1. The van der Waals surface area contributed by atoms with E-state index >= 15 is 0 Å². The van der Waals surface area contributed by atoms with Crippen LogP contribution in [0.5, 0.6) is 0 Å². The molecule has 1 unspecified atom stereocenters. The first-order valence-corrected chi connectivity index (χ1v) is 5.28. The minimum atomic E-state index is -0.921. The van der Waals surface area contributed by atoms with Gasteiger partial charge in [-0.05, 0) is 17.7 Å². The van der Waals surface area contributed by atoms with Crippen molar-refractivity contribution in [3.05, 3.63) is 29.6 Å². The Hall–Kier alpha value is -1.91. The van der Waals surface area contributed by atoms with Crippen molar-refractivity contribution >= 4 is 17.6 Å². The first-order chi connectivity index (χ1) is 7.99. The molecule has 1 aliphatic rings. The Morgan fingerprint density at radius 1 is 1.53 bits per heavy atom. The Morgan fingerprint density at radius 3 is 2.82 bits per heavy atom. The van der Waals surface area contributed by atoms with Crippen molar-refractivity contribution in [2.75, 3.05) is 11.4 Å². The summed E-state index contributed by atoms with van der Waals surface area (Å²) in [5.41, 5.74) is 1.22. The lowest BCUT2D eigenvalue weighted by Crippen LogP contribution is -2.27. The molecule has 0 spiro atoms. The fraction of sp³-hybridized carbons (Fsp3) is 0.333. The van der Waals surface area contributed by atoms with Crippen LogP contribution in [0.15, 0.2) is 18.2 Å². The maximum absolute atomic E-state index is 13.1. The monoisotopic (exact) mass is 237 g/mol. The van der Waals surface area contributed by atoms with Crippen molar-refractivity contribution in [3.63, 3.8) is 0 Å². The van der Waals surface area contributed by atoms with E-state index in [9.17, 15) is 14.0 Å². The summed E-state index contributed by atoms with van der Waals surface area (Å²) in [6, 6.07) is 4.12. The Labute approximate surface area is 97.7 Å². The van der Waals surface area contributed by atoms with E-state index in [1.807, 2.05) is 0 Å². The summed E-state index contributed by atoms with van der Waals surface area (Å²) in [6.45, 7) is 1.69. The highest BCUT2D eigenvalue weighted by Crippen LogP contribution is 2.38. The topological polar surface area (TPSA) is 57.6 Å². The van der Waals surface area contributed by atoms with E-state index in [-0.39, 0.29) is 18.2 Å². The van der Waals surface area contributed by atoms with Gasteiger partial charge in [-0.1, -0.05) is 6.07 Å². The molecule has 1 aromatic rings. The van der Waals surface area contributed by atoms with Gasteiger partial charge >= 0.3 is 5.97 Å². The molecule has 0 aliphatic carbocycles. The lowest BCUT2D eigenvalue weighted by Gasteiger charge is -2.14. The van der Waals surface area contributed by atoms with Gasteiger partial charge in [0.2, 0.25) is 5.91 Å². The van der Waals surface area contributed by atoms with E-state index in [4.69, 9.17) is 5.11 Å². The summed E-state index contributed by atoms with van der Waals surface area (Å²) in [7, 11) is 0. The number of nitrogens with zero attached hydrogens (tertiary/aromatic N) is 1. The molecule has 0 radical (unpaired) electrons. The first-order valence-electron chi connectivity index (χ1n) is 5.28. The molecule has 0 aromatic heterocycles. The minimum Gasteiger partial charge on any atom is -0.481 e.